The van der Waals surface area contributed by atoms with E-state index >= 15 is 0 Å². The number of sulfonamides is 1. The number of hydrogen-bond acceptors (Lipinski definition) is 4. The number of aromatic nitrogens is 2. The largest absolute Gasteiger partial charge is 0.393 e. The molecule has 1 aliphatic rings. The summed E-state index contributed by atoms with van der Waals surface area (Å²) < 4.78 is 27.9. The zero-order valence-electron chi connectivity index (χ0n) is 10.4. The lowest BCUT2D eigenvalue weighted by Crippen LogP contribution is -2.37. The monoisotopic (exact) mass is 273 g/mol. The Kier molecular flexibility index (Phi) is 4.04. The highest BCUT2D eigenvalue weighted by Crippen LogP contribution is 2.24. The van der Waals surface area contributed by atoms with Crippen molar-refractivity contribution >= 4 is 10.0 Å². The van der Waals surface area contributed by atoms with Crippen LogP contribution in [-0.4, -0.2) is 36.0 Å². The van der Waals surface area contributed by atoms with E-state index in [-0.39, 0.29) is 17.5 Å². The van der Waals surface area contributed by atoms with Crippen LogP contribution in [0.1, 0.15) is 25.7 Å². The topological polar surface area (TPSA) is 84.2 Å². The molecule has 1 aromatic rings. The van der Waals surface area contributed by atoms with Crippen molar-refractivity contribution in [2.24, 2.45) is 13.0 Å². The summed E-state index contributed by atoms with van der Waals surface area (Å²) in [7, 11) is -1.94. The van der Waals surface area contributed by atoms with Crippen molar-refractivity contribution in [3.8, 4) is 0 Å². The van der Waals surface area contributed by atoms with Crippen LogP contribution in [0.3, 0.4) is 0 Å². The van der Waals surface area contributed by atoms with Crippen molar-refractivity contribution < 1.29 is 13.5 Å². The highest BCUT2D eigenvalue weighted by Gasteiger charge is 2.26. The highest BCUT2D eigenvalue weighted by molar-refractivity contribution is 7.89. The van der Waals surface area contributed by atoms with Gasteiger partial charge in [-0.05, 0) is 24.8 Å². The minimum Gasteiger partial charge on any atom is -0.393 e. The Morgan fingerprint density at radius 2 is 2.22 bits per heavy atom. The number of aliphatic hydroxyl groups is 1. The van der Waals surface area contributed by atoms with Gasteiger partial charge >= 0.3 is 0 Å². The molecule has 102 valence electrons. The summed E-state index contributed by atoms with van der Waals surface area (Å²) >= 11 is 0. The maximum absolute atomic E-state index is 12.0. The lowest BCUT2D eigenvalue weighted by atomic mass is 9.87. The first-order chi connectivity index (χ1) is 8.50. The summed E-state index contributed by atoms with van der Waals surface area (Å²) in [4.78, 5) is 0. The van der Waals surface area contributed by atoms with Gasteiger partial charge in [-0.25, -0.2) is 13.1 Å². The molecule has 0 spiro atoms. The van der Waals surface area contributed by atoms with E-state index in [0.29, 0.717) is 0 Å². The van der Waals surface area contributed by atoms with E-state index in [4.69, 9.17) is 0 Å². The number of aryl methyl sites for hydroxylation is 1. The van der Waals surface area contributed by atoms with Crippen LogP contribution in [0, 0.1) is 5.92 Å². The second-order valence-electron chi connectivity index (χ2n) is 4.76. The molecular formula is C11H19N3O3S. The van der Waals surface area contributed by atoms with E-state index < -0.39 is 16.1 Å². The molecule has 1 saturated carbocycles. The van der Waals surface area contributed by atoms with Gasteiger partial charge in [-0.1, -0.05) is 12.8 Å². The second-order valence-corrected chi connectivity index (χ2v) is 6.47. The average molecular weight is 273 g/mol. The van der Waals surface area contributed by atoms with Gasteiger partial charge < -0.3 is 5.11 Å². The van der Waals surface area contributed by atoms with Crippen LogP contribution >= 0.6 is 0 Å². The first-order valence-electron chi connectivity index (χ1n) is 6.16. The smallest absolute Gasteiger partial charge is 0.257 e. The van der Waals surface area contributed by atoms with Crippen LogP contribution in [0.4, 0.5) is 0 Å². The van der Waals surface area contributed by atoms with Crippen molar-refractivity contribution in [2.45, 2.75) is 36.8 Å². The first-order valence-corrected chi connectivity index (χ1v) is 7.65. The Balaban J connectivity index is 1.99. The number of hydrogen-bond donors (Lipinski definition) is 2. The van der Waals surface area contributed by atoms with Crippen molar-refractivity contribution in [3.05, 3.63) is 12.3 Å². The lowest BCUT2D eigenvalue weighted by Gasteiger charge is -2.27. The summed E-state index contributed by atoms with van der Waals surface area (Å²) in [5, 5.41) is 13.8. The summed E-state index contributed by atoms with van der Waals surface area (Å²) in [5.74, 6) is 0.0155. The first kappa shape index (κ1) is 13.5. The molecule has 2 rings (SSSR count). The molecule has 0 aliphatic heterocycles. The summed E-state index contributed by atoms with van der Waals surface area (Å²) in [6.45, 7) is 0.286. The molecule has 6 nitrogen and oxygen atoms in total. The molecule has 0 bridgehead atoms. The second kappa shape index (κ2) is 5.38. The number of rotatable bonds is 4. The molecule has 1 aromatic heterocycles. The van der Waals surface area contributed by atoms with Gasteiger partial charge in [0.15, 0.2) is 5.03 Å². The fourth-order valence-corrected chi connectivity index (χ4v) is 3.56. The molecule has 1 fully saturated rings. The molecule has 0 saturated heterocycles. The predicted octanol–water partition coefficient (Wildman–Crippen LogP) is 0.249. The molecule has 0 radical (unpaired) electrons. The molecule has 1 aliphatic carbocycles. The predicted molar refractivity (Wildman–Crippen MR) is 66.4 cm³/mol. The number of aliphatic hydroxyl groups excluding tert-OH is 1. The zero-order chi connectivity index (χ0) is 13.2. The van der Waals surface area contributed by atoms with Crippen LogP contribution < -0.4 is 4.72 Å². The van der Waals surface area contributed by atoms with Crippen LogP contribution in [0.2, 0.25) is 0 Å². The molecule has 0 amide bonds. The molecule has 2 N–H and O–H groups in total. The SMILES string of the molecule is Cn1nccc1S(=O)(=O)NCC1CCCCC1O. The zero-order valence-corrected chi connectivity index (χ0v) is 11.2. The Labute approximate surface area is 107 Å². The fraction of sp³-hybridized carbons (Fsp3) is 0.727. The van der Waals surface area contributed by atoms with E-state index in [1.165, 1.54) is 16.9 Å². The molecule has 2 unspecified atom stereocenters. The van der Waals surface area contributed by atoms with Gasteiger partial charge in [0, 0.05) is 13.6 Å². The summed E-state index contributed by atoms with van der Waals surface area (Å²) in [5.41, 5.74) is 0. The van der Waals surface area contributed by atoms with E-state index in [0.717, 1.165) is 25.7 Å². The van der Waals surface area contributed by atoms with E-state index in [2.05, 4.69) is 9.82 Å². The molecule has 18 heavy (non-hydrogen) atoms. The molecule has 1 heterocycles. The average Bonchev–Trinajstić information content (AvgIpc) is 2.75. The van der Waals surface area contributed by atoms with Crippen LogP contribution in [0.25, 0.3) is 0 Å². The van der Waals surface area contributed by atoms with E-state index in [1.807, 2.05) is 0 Å². The quantitative estimate of drug-likeness (QED) is 0.823. The van der Waals surface area contributed by atoms with Gasteiger partial charge in [0.2, 0.25) is 0 Å². The fourth-order valence-electron chi connectivity index (χ4n) is 2.34. The molecule has 2 atom stereocenters. The maximum Gasteiger partial charge on any atom is 0.257 e. The lowest BCUT2D eigenvalue weighted by molar-refractivity contribution is 0.0724. The van der Waals surface area contributed by atoms with Gasteiger partial charge in [0.25, 0.3) is 10.0 Å². The van der Waals surface area contributed by atoms with Crippen LogP contribution in [-0.2, 0) is 17.1 Å². The van der Waals surface area contributed by atoms with Crippen molar-refractivity contribution in [2.75, 3.05) is 6.54 Å². The van der Waals surface area contributed by atoms with Crippen LogP contribution in [0.5, 0.6) is 0 Å². The van der Waals surface area contributed by atoms with Crippen molar-refractivity contribution in [1.29, 1.82) is 0 Å². The van der Waals surface area contributed by atoms with Gasteiger partial charge in [-0.3, -0.25) is 4.68 Å². The standard InChI is InChI=1S/C11H19N3O3S/c1-14-11(6-7-12-14)18(16,17)13-8-9-4-2-3-5-10(9)15/h6-7,9-10,13,15H,2-5,8H2,1H3. The van der Waals surface area contributed by atoms with Crippen molar-refractivity contribution in [1.82, 2.24) is 14.5 Å². The Morgan fingerprint density at radius 3 is 2.83 bits per heavy atom. The Hall–Kier alpha value is -0.920. The molecular weight excluding hydrogens is 254 g/mol. The van der Waals surface area contributed by atoms with E-state index in [9.17, 15) is 13.5 Å². The summed E-state index contributed by atoms with van der Waals surface area (Å²) in [6.07, 6.45) is 4.76. The number of nitrogens with zero attached hydrogens (tertiary/aromatic N) is 2. The minimum atomic E-state index is -3.53. The third kappa shape index (κ3) is 2.90. The third-order valence-corrected chi connectivity index (χ3v) is 4.95. The summed E-state index contributed by atoms with van der Waals surface area (Å²) in [6, 6.07) is 1.46. The third-order valence-electron chi connectivity index (χ3n) is 3.46. The Morgan fingerprint density at radius 1 is 1.50 bits per heavy atom. The van der Waals surface area contributed by atoms with Crippen molar-refractivity contribution in [3.63, 3.8) is 0 Å². The normalized spacial score (nSPS) is 25.2. The molecule has 0 aromatic carbocycles. The highest BCUT2D eigenvalue weighted by atomic mass is 32.2. The molecule has 7 heteroatoms. The van der Waals surface area contributed by atoms with Gasteiger partial charge in [0.05, 0.1) is 12.3 Å². The van der Waals surface area contributed by atoms with Gasteiger partial charge in [-0.15, -0.1) is 0 Å². The minimum absolute atomic E-state index is 0.0155. The maximum atomic E-state index is 12.0. The Bertz CT molecular complexity index is 497. The van der Waals surface area contributed by atoms with Gasteiger partial charge in [-0.2, -0.15) is 5.10 Å². The van der Waals surface area contributed by atoms with Crippen LogP contribution in [0.15, 0.2) is 17.3 Å². The number of nitrogens with one attached hydrogen (secondary N) is 1. The van der Waals surface area contributed by atoms with Gasteiger partial charge in [0.1, 0.15) is 0 Å². The van der Waals surface area contributed by atoms with E-state index in [1.54, 1.807) is 7.05 Å².